The van der Waals surface area contributed by atoms with Crippen LogP contribution in [0.4, 0.5) is 0 Å². The minimum Gasteiger partial charge on any atom is -0.480 e. The molecule has 0 aliphatic heterocycles. The van der Waals surface area contributed by atoms with Crippen LogP contribution >= 0.6 is 0 Å². The van der Waals surface area contributed by atoms with Gasteiger partial charge in [-0.05, 0) is 70.3 Å². The highest BCUT2D eigenvalue weighted by molar-refractivity contribution is 5.84. The lowest BCUT2D eigenvalue weighted by Crippen LogP contribution is -2.41. The molecule has 11 nitrogen and oxygen atoms in total. The number of carbonyl (C=O) groups excluding carboxylic acids is 5. The van der Waals surface area contributed by atoms with Gasteiger partial charge in [0.2, 0.25) is 24.1 Å². The van der Waals surface area contributed by atoms with Gasteiger partial charge >= 0.3 is 5.97 Å². The molecule has 0 radical (unpaired) electrons. The molecule has 0 saturated carbocycles. The smallest absolute Gasteiger partial charge is 0.326 e. The van der Waals surface area contributed by atoms with Crippen molar-refractivity contribution in [1.82, 2.24) is 21.3 Å². The molecule has 0 aliphatic rings. The number of rotatable bonds is 23. The van der Waals surface area contributed by atoms with E-state index in [1.807, 2.05) is 6.92 Å². The van der Waals surface area contributed by atoms with Crippen LogP contribution in [0.3, 0.4) is 0 Å². The van der Waals surface area contributed by atoms with Gasteiger partial charge in [0.05, 0.1) is 6.04 Å². The van der Waals surface area contributed by atoms with Gasteiger partial charge in [0.1, 0.15) is 12.3 Å². The summed E-state index contributed by atoms with van der Waals surface area (Å²) >= 11 is 0. The number of benzene rings is 1. The van der Waals surface area contributed by atoms with Crippen molar-refractivity contribution >= 4 is 36.4 Å². The fourth-order valence-electron chi connectivity index (χ4n) is 4.03. The minimum atomic E-state index is -1.14. The molecule has 0 fully saturated rings. The molecule has 0 saturated heterocycles. The summed E-state index contributed by atoms with van der Waals surface area (Å²) in [4.78, 5) is 69.2. The van der Waals surface area contributed by atoms with Crippen LogP contribution < -0.4 is 21.3 Å². The van der Waals surface area contributed by atoms with Crippen molar-refractivity contribution in [1.29, 1.82) is 0 Å². The molecule has 0 spiro atoms. The average Bonchev–Trinajstić information content (AvgIpc) is 2.92. The van der Waals surface area contributed by atoms with Gasteiger partial charge in [-0.2, -0.15) is 0 Å². The average molecular weight is 561 g/mol. The van der Waals surface area contributed by atoms with Crippen LogP contribution in [-0.2, 0) is 35.2 Å². The highest BCUT2D eigenvalue weighted by Gasteiger charge is 2.19. The molecule has 0 aliphatic carbocycles. The second-order valence-corrected chi connectivity index (χ2v) is 9.87. The third-order valence-corrected chi connectivity index (χ3v) is 6.35. The largest absolute Gasteiger partial charge is 0.480 e. The summed E-state index contributed by atoms with van der Waals surface area (Å²) in [5.41, 5.74) is 2.40. The Bertz CT molecular complexity index is 937. The van der Waals surface area contributed by atoms with Crippen molar-refractivity contribution in [2.24, 2.45) is 0 Å². The number of carboxylic acids is 1. The Hall–Kier alpha value is -3.76. The standard InChI is InChI=1S/C29H44N4O7/c1-22-14-16-23(17-15-22)8-6-11-26(36)31-19-5-3-10-25(29(39)40)33-28(38)13-7-12-27(37)32-24(20-34)9-2-4-18-30-21-35/h14-17,20-21,24-25H,2-13,18-19H2,1H3,(H,30,35)(H,31,36)(H,32,37)(H,33,38)(H,39,40). The number of amides is 4. The second kappa shape index (κ2) is 21.1. The van der Waals surface area contributed by atoms with Gasteiger partial charge in [0.15, 0.2) is 0 Å². The number of hydrogen-bond donors (Lipinski definition) is 5. The fraction of sp³-hybridized carbons (Fsp3) is 0.586. The minimum absolute atomic E-state index is 0.0149. The van der Waals surface area contributed by atoms with Crippen LogP contribution in [0.15, 0.2) is 24.3 Å². The lowest BCUT2D eigenvalue weighted by Gasteiger charge is -2.15. The van der Waals surface area contributed by atoms with Crippen molar-refractivity contribution in [2.45, 2.75) is 96.1 Å². The Morgan fingerprint density at radius 1 is 0.775 bits per heavy atom. The number of carbonyl (C=O) groups is 6. The normalized spacial score (nSPS) is 12.0. The van der Waals surface area contributed by atoms with Gasteiger partial charge < -0.3 is 31.2 Å². The van der Waals surface area contributed by atoms with E-state index in [1.165, 1.54) is 11.1 Å². The second-order valence-electron chi connectivity index (χ2n) is 9.87. The van der Waals surface area contributed by atoms with Crippen LogP contribution in [-0.4, -0.2) is 66.7 Å². The molecular formula is C29H44N4O7. The van der Waals surface area contributed by atoms with Gasteiger partial charge in [-0.15, -0.1) is 0 Å². The summed E-state index contributed by atoms with van der Waals surface area (Å²) in [7, 11) is 0. The topological polar surface area (TPSA) is 171 Å². The van der Waals surface area contributed by atoms with Crippen LogP contribution in [0, 0.1) is 6.92 Å². The number of aldehydes is 1. The summed E-state index contributed by atoms with van der Waals surface area (Å²) in [5, 5.41) is 19.9. The fourth-order valence-corrected chi connectivity index (χ4v) is 4.03. The molecule has 5 N–H and O–H groups in total. The molecule has 1 aromatic rings. The Morgan fingerprint density at radius 3 is 2.05 bits per heavy atom. The van der Waals surface area contributed by atoms with Gasteiger partial charge in [-0.3, -0.25) is 19.2 Å². The van der Waals surface area contributed by atoms with Crippen molar-refractivity contribution in [3.63, 3.8) is 0 Å². The molecule has 0 heterocycles. The summed E-state index contributed by atoms with van der Waals surface area (Å²) in [6, 6.07) is 6.56. The lowest BCUT2D eigenvalue weighted by molar-refractivity contribution is -0.142. The first-order valence-electron chi connectivity index (χ1n) is 14.0. The van der Waals surface area contributed by atoms with E-state index in [-0.39, 0.29) is 37.5 Å². The third kappa shape index (κ3) is 17.0. The summed E-state index contributed by atoms with van der Waals surface area (Å²) in [6.07, 6.45) is 6.65. The summed E-state index contributed by atoms with van der Waals surface area (Å²) in [5.74, 6) is -1.99. The zero-order chi connectivity index (χ0) is 29.6. The molecule has 0 aromatic heterocycles. The van der Waals surface area contributed by atoms with Gasteiger partial charge in [-0.1, -0.05) is 29.8 Å². The van der Waals surface area contributed by atoms with E-state index in [4.69, 9.17) is 0 Å². The van der Waals surface area contributed by atoms with Crippen LogP contribution in [0.5, 0.6) is 0 Å². The van der Waals surface area contributed by atoms with Crippen molar-refractivity contribution in [3.8, 4) is 0 Å². The Labute approximate surface area is 236 Å². The molecule has 4 amide bonds. The molecular weight excluding hydrogens is 516 g/mol. The van der Waals surface area contributed by atoms with E-state index in [2.05, 4.69) is 45.5 Å². The van der Waals surface area contributed by atoms with Crippen LogP contribution in [0.25, 0.3) is 0 Å². The number of unbranched alkanes of at least 4 members (excludes halogenated alkanes) is 2. The molecule has 1 aromatic carbocycles. The first kappa shape index (κ1) is 34.3. The van der Waals surface area contributed by atoms with Crippen molar-refractivity contribution in [3.05, 3.63) is 35.4 Å². The van der Waals surface area contributed by atoms with Crippen molar-refractivity contribution < 1.29 is 33.9 Å². The van der Waals surface area contributed by atoms with Gasteiger partial charge in [-0.25, -0.2) is 4.79 Å². The predicted octanol–water partition coefficient (Wildman–Crippen LogP) is 1.94. The maximum Gasteiger partial charge on any atom is 0.326 e. The molecule has 11 heteroatoms. The number of aliphatic carboxylic acids is 1. The monoisotopic (exact) mass is 560 g/mol. The highest BCUT2D eigenvalue weighted by Crippen LogP contribution is 2.08. The first-order chi connectivity index (χ1) is 19.2. The number of carboxylic acid groups (broad SMARTS) is 1. The molecule has 2 atom stereocenters. The van der Waals surface area contributed by atoms with E-state index in [0.717, 1.165) is 12.8 Å². The Morgan fingerprint density at radius 2 is 1.40 bits per heavy atom. The molecule has 222 valence electrons. The molecule has 1 rings (SSSR count). The van der Waals surface area contributed by atoms with Crippen LogP contribution in [0.1, 0.15) is 81.8 Å². The SMILES string of the molecule is Cc1ccc(CCCC(=O)NCCCCC(NC(=O)CCCC(=O)NC(C=O)CCCCNC=O)C(=O)O)cc1. The van der Waals surface area contributed by atoms with Gasteiger partial charge in [0, 0.05) is 32.4 Å². The summed E-state index contributed by atoms with van der Waals surface area (Å²) in [6.45, 7) is 2.97. The molecule has 40 heavy (non-hydrogen) atoms. The maximum absolute atomic E-state index is 12.2. The maximum atomic E-state index is 12.2. The number of aryl methyl sites for hydroxylation is 2. The quantitative estimate of drug-likeness (QED) is 0.101. The van der Waals surface area contributed by atoms with E-state index < -0.39 is 24.0 Å². The zero-order valence-electron chi connectivity index (χ0n) is 23.4. The number of hydrogen-bond acceptors (Lipinski definition) is 6. The Kier molecular flexibility index (Phi) is 18.1. The molecule has 0 bridgehead atoms. The highest BCUT2D eigenvalue weighted by atomic mass is 16.4. The van der Waals surface area contributed by atoms with Crippen molar-refractivity contribution in [2.75, 3.05) is 13.1 Å². The van der Waals surface area contributed by atoms with E-state index in [9.17, 15) is 33.9 Å². The van der Waals surface area contributed by atoms with E-state index in [1.54, 1.807) is 0 Å². The first-order valence-corrected chi connectivity index (χ1v) is 14.0. The third-order valence-electron chi connectivity index (χ3n) is 6.35. The zero-order valence-corrected chi connectivity index (χ0v) is 23.4. The Balaban J connectivity index is 2.17. The lowest BCUT2D eigenvalue weighted by atomic mass is 10.1. The number of nitrogens with one attached hydrogen (secondary N) is 4. The van der Waals surface area contributed by atoms with Crippen LogP contribution in [0.2, 0.25) is 0 Å². The van der Waals surface area contributed by atoms with E-state index >= 15 is 0 Å². The summed E-state index contributed by atoms with van der Waals surface area (Å²) < 4.78 is 0. The molecule has 2 unspecified atom stereocenters. The van der Waals surface area contributed by atoms with Gasteiger partial charge in [0.25, 0.3) is 0 Å². The van der Waals surface area contributed by atoms with E-state index in [0.29, 0.717) is 64.3 Å². The predicted molar refractivity (Wildman–Crippen MR) is 150 cm³/mol.